The Labute approximate surface area is 181 Å². The highest BCUT2D eigenvalue weighted by atomic mass is 16.6. The molecule has 0 aromatic heterocycles. The molecule has 0 aromatic carbocycles. The molecule has 2 fully saturated rings. The van der Waals surface area contributed by atoms with Crippen LogP contribution in [0.4, 0.5) is 0 Å². The molecule has 2 aliphatic heterocycles. The van der Waals surface area contributed by atoms with Crippen molar-refractivity contribution in [3.8, 4) is 0 Å². The number of rotatable bonds is 8. The number of ether oxygens (including phenoxy) is 4. The Bertz CT molecular complexity index is 679. The van der Waals surface area contributed by atoms with Crippen LogP contribution in [0.1, 0.15) is 20.8 Å². The van der Waals surface area contributed by atoms with Gasteiger partial charge in [-0.15, -0.1) is 0 Å². The molecule has 2 rings (SSSR count). The summed E-state index contributed by atoms with van der Waals surface area (Å²) < 4.78 is 19.3. The normalized spacial score (nSPS) is 27.8. The zero-order chi connectivity index (χ0) is 23.9. The maximum Gasteiger partial charge on any atom is 0.356 e. The van der Waals surface area contributed by atoms with Crippen molar-refractivity contribution in [2.75, 3.05) is 55.9 Å². The number of carbonyl (C=O) groups is 4. The Kier molecular flexibility index (Phi) is 6.69. The summed E-state index contributed by atoms with van der Waals surface area (Å²) in [5, 5.41) is 5.81. The Morgan fingerprint density at radius 2 is 0.935 bits per heavy atom. The molecule has 2 saturated heterocycles. The highest BCUT2D eigenvalue weighted by Crippen LogP contribution is 2.43. The minimum Gasteiger partial charge on any atom is -0.466 e. The molecule has 4 unspecified atom stereocenters. The van der Waals surface area contributed by atoms with Crippen LogP contribution in [-0.4, -0.2) is 122 Å². The number of hydrogen-bond donors (Lipinski definition) is 0. The van der Waals surface area contributed by atoms with E-state index in [-0.39, 0.29) is 13.3 Å². The fourth-order valence-electron chi connectivity index (χ4n) is 3.61. The van der Waals surface area contributed by atoms with Gasteiger partial charge in [0.05, 0.1) is 41.8 Å². The zero-order valence-electron chi connectivity index (χ0n) is 19.4. The molecule has 4 atom stereocenters. The summed E-state index contributed by atoms with van der Waals surface area (Å²) in [5.74, 6) is -3.12. The summed E-state index contributed by atoms with van der Waals surface area (Å²) in [4.78, 5) is 51.6. The topological polar surface area (TPSA) is 120 Å². The largest absolute Gasteiger partial charge is 0.466 e. The molecule has 2 heterocycles. The first-order valence-electron chi connectivity index (χ1n) is 9.44. The number of hydrazine groups is 2. The summed E-state index contributed by atoms with van der Waals surface area (Å²) in [6.45, 7) is 5.92. The van der Waals surface area contributed by atoms with Crippen LogP contribution in [0.2, 0.25) is 0 Å². The smallest absolute Gasteiger partial charge is 0.356 e. The van der Waals surface area contributed by atoms with E-state index in [4.69, 9.17) is 18.9 Å². The van der Waals surface area contributed by atoms with Gasteiger partial charge in [-0.25, -0.2) is 19.2 Å². The third-order valence-corrected chi connectivity index (χ3v) is 5.77. The zero-order valence-corrected chi connectivity index (χ0v) is 19.4. The van der Waals surface area contributed by atoms with E-state index >= 15 is 0 Å². The molecule has 2 aliphatic rings. The lowest BCUT2D eigenvalue weighted by Gasteiger charge is -2.36. The average molecular weight is 445 g/mol. The quantitative estimate of drug-likeness (QED) is 0.185. The summed E-state index contributed by atoms with van der Waals surface area (Å²) >= 11 is 0. The van der Waals surface area contributed by atoms with Crippen molar-refractivity contribution in [2.24, 2.45) is 0 Å². The van der Waals surface area contributed by atoms with Crippen LogP contribution in [0, 0.1) is 0 Å². The average Bonchev–Trinajstić information content (AvgIpc) is 3.54. The second-order valence-electron chi connectivity index (χ2n) is 8.15. The molecular formula is C18H31N5O8. The van der Waals surface area contributed by atoms with E-state index in [0.717, 1.165) is 0 Å². The second-order valence-corrected chi connectivity index (χ2v) is 8.15. The molecule has 0 N–H and O–H groups in total. The van der Waals surface area contributed by atoms with Crippen LogP contribution in [0.3, 0.4) is 0 Å². The van der Waals surface area contributed by atoms with Crippen molar-refractivity contribution < 1.29 is 38.1 Å². The van der Waals surface area contributed by atoms with Gasteiger partial charge >= 0.3 is 23.9 Å². The van der Waals surface area contributed by atoms with Gasteiger partial charge in [-0.2, -0.15) is 20.0 Å². The first-order chi connectivity index (χ1) is 14.3. The Hall–Kier alpha value is -2.32. The van der Waals surface area contributed by atoms with E-state index in [1.54, 1.807) is 14.1 Å². The summed E-state index contributed by atoms with van der Waals surface area (Å²) in [6, 6.07) is 0. The maximum atomic E-state index is 12.4. The van der Waals surface area contributed by atoms with E-state index < -0.39 is 40.7 Å². The third kappa shape index (κ3) is 3.55. The minimum atomic E-state index is -1.71. The Morgan fingerprint density at radius 3 is 1.13 bits per heavy atom. The molecule has 0 aromatic rings. The number of carbonyl (C=O) groups excluding carboxylic acids is 4. The fraction of sp³-hybridized carbons (Fsp3) is 0.778. The molecule has 176 valence electrons. The van der Waals surface area contributed by atoms with Crippen molar-refractivity contribution in [3.63, 3.8) is 0 Å². The van der Waals surface area contributed by atoms with Crippen LogP contribution in [0.15, 0.2) is 0 Å². The number of likely N-dealkylation sites (N-methyl/N-ethyl adjacent to an activating group) is 2. The van der Waals surface area contributed by atoms with Crippen molar-refractivity contribution in [1.29, 1.82) is 0 Å². The summed E-state index contributed by atoms with van der Waals surface area (Å²) in [6.07, 6.45) is 0. The first-order valence-corrected chi connectivity index (χ1v) is 9.44. The number of methoxy groups -OCH3 is 4. The predicted molar refractivity (Wildman–Crippen MR) is 104 cm³/mol. The highest BCUT2D eigenvalue weighted by molar-refractivity contribution is 6.07. The number of hydrogen-bond acceptors (Lipinski definition) is 13. The van der Waals surface area contributed by atoms with E-state index in [9.17, 15) is 19.2 Å². The van der Waals surface area contributed by atoms with Gasteiger partial charge in [0.15, 0.2) is 0 Å². The molecule has 0 radical (unpaired) electrons. The van der Waals surface area contributed by atoms with E-state index in [0.29, 0.717) is 0 Å². The predicted octanol–water partition coefficient (Wildman–Crippen LogP) is -1.59. The summed E-state index contributed by atoms with van der Waals surface area (Å²) in [7, 11) is 7.86. The third-order valence-electron chi connectivity index (χ3n) is 5.77. The second kappa shape index (κ2) is 8.31. The van der Waals surface area contributed by atoms with Gasteiger partial charge in [0, 0.05) is 19.6 Å². The molecule has 13 nitrogen and oxygen atoms in total. The van der Waals surface area contributed by atoms with Gasteiger partial charge < -0.3 is 18.9 Å². The van der Waals surface area contributed by atoms with Gasteiger partial charge in [0.1, 0.15) is 0 Å². The Morgan fingerprint density at radius 1 is 0.677 bits per heavy atom. The van der Waals surface area contributed by atoms with Crippen LogP contribution in [0.25, 0.3) is 0 Å². The van der Waals surface area contributed by atoms with Gasteiger partial charge in [-0.1, -0.05) is 0 Å². The lowest BCUT2D eigenvalue weighted by Crippen LogP contribution is -2.51. The summed E-state index contributed by atoms with van der Waals surface area (Å²) in [5.41, 5.74) is -3.91. The number of esters is 4. The van der Waals surface area contributed by atoms with Gasteiger partial charge in [-0.05, 0) is 20.8 Å². The van der Waals surface area contributed by atoms with E-state index in [2.05, 4.69) is 0 Å². The van der Waals surface area contributed by atoms with E-state index in [1.807, 2.05) is 25.7 Å². The molecule has 0 saturated carbocycles. The van der Waals surface area contributed by atoms with Crippen molar-refractivity contribution in [3.05, 3.63) is 0 Å². The molecule has 13 heteroatoms. The lowest BCUT2D eigenvalue weighted by atomic mass is 10.1. The minimum absolute atomic E-state index is 0.0902. The van der Waals surface area contributed by atoms with Crippen LogP contribution in [-0.2, 0) is 38.1 Å². The SMILES string of the molecule is COC(=O)C1(C(=O)OC)N(C)N1CN(CN1N(C)C1(C(=O)OC)C(=O)OC)C(C)(C)C. The van der Waals surface area contributed by atoms with Gasteiger partial charge in [-0.3, -0.25) is 4.90 Å². The molecule has 31 heavy (non-hydrogen) atoms. The fourth-order valence-corrected chi connectivity index (χ4v) is 3.61. The van der Waals surface area contributed by atoms with Crippen molar-refractivity contribution in [2.45, 2.75) is 37.6 Å². The van der Waals surface area contributed by atoms with Crippen molar-refractivity contribution >= 4 is 23.9 Å². The lowest BCUT2D eigenvalue weighted by molar-refractivity contribution is -0.160. The number of nitrogens with zero attached hydrogens (tertiary/aromatic N) is 5. The van der Waals surface area contributed by atoms with Crippen LogP contribution in [0.5, 0.6) is 0 Å². The molecular weight excluding hydrogens is 414 g/mol. The molecule has 0 spiro atoms. The standard InChI is InChI=1S/C18H31N5O8/c1-16(2,3)21(10-22-17(19(22)4,12(24)28-6)13(25)29-7)11-23-18(20(23)5,14(26)30-8)15(27)31-9/h10-11H2,1-9H3. The van der Waals surface area contributed by atoms with Crippen LogP contribution < -0.4 is 0 Å². The molecule has 0 bridgehead atoms. The molecule has 0 amide bonds. The van der Waals surface area contributed by atoms with E-state index in [1.165, 1.54) is 48.5 Å². The molecule has 0 aliphatic carbocycles. The van der Waals surface area contributed by atoms with Gasteiger partial charge in [0.25, 0.3) is 11.3 Å². The van der Waals surface area contributed by atoms with Gasteiger partial charge in [0.2, 0.25) is 0 Å². The van der Waals surface area contributed by atoms with Crippen LogP contribution >= 0.6 is 0 Å². The Balaban J connectivity index is 2.31. The van der Waals surface area contributed by atoms with Crippen molar-refractivity contribution in [1.82, 2.24) is 24.9 Å². The highest BCUT2D eigenvalue weighted by Gasteiger charge is 2.75. The maximum absolute atomic E-state index is 12.4. The first kappa shape index (κ1) is 24.9. The monoisotopic (exact) mass is 445 g/mol.